The molecule has 1 aliphatic heterocycles. The first-order valence-electron chi connectivity index (χ1n) is 11.5. The second-order valence-corrected chi connectivity index (χ2v) is 12.5. The minimum absolute atomic E-state index is 0.0428. The third kappa shape index (κ3) is 5.29. The lowest BCUT2D eigenvalue weighted by molar-refractivity contribution is 0.415. The van der Waals surface area contributed by atoms with E-state index in [0.717, 1.165) is 12.0 Å². The average Bonchev–Trinajstić information content (AvgIpc) is 2.90. The van der Waals surface area contributed by atoms with Gasteiger partial charge in [0.1, 0.15) is 5.75 Å². The molecule has 2 heteroatoms. The molecule has 0 saturated carbocycles. The number of hydrogen-bond donors (Lipinski definition) is 1. The molecular weight excluding hydrogens is 360 g/mol. The highest BCUT2D eigenvalue weighted by Crippen LogP contribution is 2.56. The molecule has 0 aliphatic carbocycles. The third-order valence-corrected chi connectivity index (χ3v) is 7.79. The fraction of sp³-hybridized carbons (Fsp3) is 0.769. The van der Waals surface area contributed by atoms with Crippen molar-refractivity contribution in [1.29, 1.82) is 0 Å². The zero-order valence-electron chi connectivity index (χ0n) is 19.8. The molecule has 1 heterocycles. The van der Waals surface area contributed by atoms with E-state index in [1.807, 2.05) is 0 Å². The van der Waals surface area contributed by atoms with Crippen molar-refractivity contribution in [3.63, 3.8) is 0 Å². The van der Waals surface area contributed by atoms with Crippen molar-refractivity contribution in [1.82, 2.24) is 0 Å². The van der Waals surface area contributed by atoms with Gasteiger partial charge in [0, 0.05) is 20.8 Å². The maximum atomic E-state index is 11.3. The Hall–Kier alpha value is -0.630. The molecule has 0 atom stereocenters. The van der Waals surface area contributed by atoms with Crippen LogP contribution < -0.4 is 0 Å². The van der Waals surface area contributed by atoms with E-state index in [1.165, 1.54) is 67.4 Å². The average molecular weight is 405 g/mol. The number of aromatic hydroxyl groups is 1. The fourth-order valence-electron chi connectivity index (χ4n) is 4.72. The van der Waals surface area contributed by atoms with Crippen molar-refractivity contribution in [2.75, 3.05) is 0 Å². The molecule has 1 aliphatic rings. The Morgan fingerprint density at radius 3 is 1.86 bits per heavy atom. The van der Waals surface area contributed by atoms with Crippen LogP contribution in [-0.4, -0.2) is 9.85 Å². The van der Waals surface area contributed by atoms with Crippen LogP contribution in [0.5, 0.6) is 5.75 Å². The highest BCUT2D eigenvalue weighted by molar-refractivity contribution is 8.01. The zero-order valence-corrected chi connectivity index (χ0v) is 20.6. The van der Waals surface area contributed by atoms with Crippen molar-refractivity contribution in [2.24, 2.45) is 0 Å². The van der Waals surface area contributed by atoms with E-state index in [1.54, 1.807) is 0 Å². The summed E-state index contributed by atoms with van der Waals surface area (Å²) in [6, 6.07) is 2.33. The number of unbranched alkanes of at least 4 members (excludes halogenated alkanes) is 4. The Morgan fingerprint density at radius 2 is 1.43 bits per heavy atom. The molecule has 0 radical (unpaired) electrons. The largest absolute Gasteiger partial charge is 0.507 e. The summed E-state index contributed by atoms with van der Waals surface area (Å²) in [6.45, 7) is 18.0. The molecule has 1 N–H and O–H groups in total. The normalized spacial score (nSPS) is 16.4. The quantitative estimate of drug-likeness (QED) is 0.438. The first-order valence-corrected chi connectivity index (χ1v) is 12.4. The van der Waals surface area contributed by atoms with Crippen LogP contribution in [0, 0.1) is 0 Å². The highest BCUT2D eigenvalue weighted by Gasteiger charge is 2.42. The van der Waals surface area contributed by atoms with E-state index in [-0.39, 0.29) is 10.8 Å². The Morgan fingerprint density at radius 1 is 0.893 bits per heavy atom. The summed E-state index contributed by atoms with van der Waals surface area (Å²) in [6.07, 6.45) is 11.6. The van der Waals surface area contributed by atoms with Crippen LogP contribution in [0.1, 0.15) is 123 Å². The molecule has 0 aromatic heterocycles. The lowest BCUT2D eigenvalue weighted by atomic mass is 9.75. The lowest BCUT2D eigenvalue weighted by Crippen LogP contribution is -2.25. The van der Waals surface area contributed by atoms with E-state index in [9.17, 15) is 5.11 Å². The van der Waals surface area contributed by atoms with Gasteiger partial charge in [-0.05, 0) is 41.7 Å². The second-order valence-electron chi connectivity index (χ2n) is 11.0. The summed E-state index contributed by atoms with van der Waals surface area (Å²) in [5, 5.41) is 11.3. The predicted molar refractivity (Wildman–Crippen MR) is 126 cm³/mol. The van der Waals surface area contributed by atoms with Gasteiger partial charge in [-0.1, -0.05) is 93.9 Å². The topological polar surface area (TPSA) is 20.2 Å². The third-order valence-electron chi connectivity index (χ3n) is 6.22. The van der Waals surface area contributed by atoms with Gasteiger partial charge in [-0.25, -0.2) is 0 Å². The number of benzene rings is 1. The van der Waals surface area contributed by atoms with Crippen LogP contribution >= 0.6 is 11.8 Å². The number of rotatable bonds is 8. The molecule has 1 nitrogen and oxygen atoms in total. The molecule has 0 fully saturated rings. The Labute approximate surface area is 179 Å². The Balaban J connectivity index is 2.50. The summed E-state index contributed by atoms with van der Waals surface area (Å²) in [7, 11) is 0. The van der Waals surface area contributed by atoms with Gasteiger partial charge in [0.2, 0.25) is 0 Å². The number of phenols is 1. The molecule has 0 unspecified atom stereocenters. The van der Waals surface area contributed by atoms with Crippen LogP contribution in [0.3, 0.4) is 0 Å². The minimum atomic E-state index is -0.0463. The van der Waals surface area contributed by atoms with E-state index in [2.05, 4.69) is 73.2 Å². The summed E-state index contributed by atoms with van der Waals surface area (Å²) >= 11 is 2.14. The summed E-state index contributed by atoms with van der Waals surface area (Å²) in [5.74, 6) is 0.553. The molecule has 2 rings (SSSR count). The van der Waals surface area contributed by atoms with E-state index >= 15 is 0 Å². The van der Waals surface area contributed by atoms with Gasteiger partial charge >= 0.3 is 0 Å². The van der Waals surface area contributed by atoms with Gasteiger partial charge in [0.05, 0.1) is 0 Å². The highest BCUT2D eigenvalue weighted by atomic mass is 32.2. The van der Waals surface area contributed by atoms with Crippen LogP contribution in [0.4, 0.5) is 0 Å². The molecule has 160 valence electrons. The smallest absolute Gasteiger partial charge is 0.123 e. The molecule has 0 spiro atoms. The predicted octanol–water partition coefficient (Wildman–Crippen LogP) is 8.53. The van der Waals surface area contributed by atoms with Gasteiger partial charge in [-0.3, -0.25) is 0 Å². The number of phenolic OH excluding ortho intramolecular Hbond substituents is 1. The van der Waals surface area contributed by atoms with Gasteiger partial charge in [-0.15, -0.1) is 11.8 Å². The van der Waals surface area contributed by atoms with Crippen LogP contribution in [0.15, 0.2) is 11.0 Å². The molecule has 0 amide bonds. The first-order chi connectivity index (χ1) is 12.9. The standard InChI is InChI=1S/C26H44OS/c1-9-11-13-15-26(16-14-12-10-2)18-19-21(28-26)17-20(24(3,4)5)23(27)22(19)25(6,7)8/h17,27H,9-16,18H2,1-8H3. The van der Waals surface area contributed by atoms with Crippen molar-refractivity contribution in [3.05, 3.63) is 22.8 Å². The maximum Gasteiger partial charge on any atom is 0.123 e. The van der Waals surface area contributed by atoms with Crippen LogP contribution in [-0.2, 0) is 17.3 Å². The summed E-state index contributed by atoms with van der Waals surface area (Å²) < 4.78 is 0.329. The number of thioether (sulfide) groups is 1. The van der Waals surface area contributed by atoms with Crippen molar-refractivity contribution >= 4 is 11.8 Å². The molecule has 0 bridgehead atoms. The maximum absolute atomic E-state index is 11.3. The molecular formula is C26H44OS. The van der Waals surface area contributed by atoms with E-state index in [0.29, 0.717) is 10.5 Å². The van der Waals surface area contributed by atoms with Gasteiger partial charge in [-0.2, -0.15) is 0 Å². The fourth-order valence-corrected chi connectivity index (χ4v) is 6.37. The van der Waals surface area contributed by atoms with Crippen molar-refractivity contribution < 1.29 is 5.11 Å². The SMILES string of the molecule is CCCCCC1(CCCCC)Cc2c(cc(C(C)(C)C)c(O)c2C(C)(C)C)S1. The molecule has 1 aromatic carbocycles. The number of fused-ring (bicyclic) bond motifs is 1. The Kier molecular flexibility index (Phi) is 7.62. The minimum Gasteiger partial charge on any atom is -0.507 e. The van der Waals surface area contributed by atoms with E-state index < -0.39 is 0 Å². The molecule has 1 aromatic rings. The van der Waals surface area contributed by atoms with Crippen LogP contribution in [0.25, 0.3) is 0 Å². The van der Waals surface area contributed by atoms with Crippen molar-refractivity contribution in [2.45, 2.75) is 134 Å². The number of hydrogen-bond acceptors (Lipinski definition) is 2. The molecule has 28 heavy (non-hydrogen) atoms. The lowest BCUT2D eigenvalue weighted by Gasteiger charge is -2.30. The van der Waals surface area contributed by atoms with Gasteiger partial charge in [0.15, 0.2) is 0 Å². The second kappa shape index (κ2) is 9.02. The molecule has 0 saturated heterocycles. The zero-order chi connectivity index (χ0) is 21.2. The van der Waals surface area contributed by atoms with Gasteiger partial charge < -0.3 is 5.11 Å². The first kappa shape index (κ1) is 23.6. The van der Waals surface area contributed by atoms with Crippen molar-refractivity contribution in [3.8, 4) is 5.75 Å². The Bertz CT molecular complexity index is 650. The summed E-state index contributed by atoms with van der Waals surface area (Å²) in [4.78, 5) is 1.45. The van der Waals surface area contributed by atoms with Crippen LogP contribution in [0.2, 0.25) is 0 Å². The van der Waals surface area contributed by atoms with E-state index in [4.69, 9.17) is 0 Å². The summed E-state index contributed by atoms with van der Waals surface area (Å²) in [5.41, 5.74) is 3.67. The monoisotopic (exact) mass is 404 g/mol. The van der Waals surface area contributed by atoms with Gasteiger partial charge in [0.25, 0.3) is 0 Å².